The number of methoxy groups -OCH3 is 1. The highest BCUT2D eigenvalue weighted by molar-refractivity contribution is 8.02. The molecule has 0 saturated heterocycles. The van der Waals surface area contributed by atoms with Gasteiger partial charge in [0.25, 0.3) is 0 Å². The molecule has 0 bridgehead atoms. The summed E-state index contributed by atoms with van der Waals surface area (Å²) in [4.78, 5) is 2.24. The number of rotatable bonds is 8. The molecule has 1 fully saturated rings. The third kappa shape index (κ3) is 7.82. The number of benzene rings is 2. The number of hydrogen-bond acceptors (Lipinski definition) is 5. The molecule has 5 heteroatoms. The van der Waals surface area contributed by atoms with Crippen LogP contribution in [-0.2, 0) is 4.74 Å². The van der Waals surface area contributed by atoms with Crippen LogP contribution in [0.3, 0.4) is 0 Å². The van der Waals surface area contributed by atoms with Crippen LogP contribution in [0.4, 0.5) is 0 Å². The number of nitrogens with zero attached hydrogens (tertiary/aromatic N) is 1. The minimum Gasteiger partial charge on any atom is -0.497 e. The van der Waals surface area contributed by atoms with Crippen molar-refractivity contribution in [2.24, 2.45) is 10.3 Å². The molecule has 0 unspecified atom stereocenters. The van der Waals surface area contributed by atoms with Crippen molar-refractivity contribution in [3.63, 3.8) is 0 Å². The van der Waals surface area contributed by atoms with E-state index in [0.717, 1.165) is 22.1 Å². The fourth-order valence-electron chi connectivity index (χ4n) is 3.20. The largest absolute Gasteiger partial charge is 0.497 e. The van der Waals surface area contributed by atoms with Gasteiger partial charge in [-0.1, -0.05) is 54.8 Å². The minimum absolute atomic E-state index is 0.651. The molecular formula is C24H29NO2S2. The van der Waals surface area contributed by atoms with Gasteiger partial charge in [0.1, 0.15) is 5.75 Å². The van der Waals surface area contributed by atoms with Crippen LogP contribution in [0.5, 0.6) is 5.75 Å². The summed E-state index contributed by atoms with van der Waals surface area (Å²) in [5.41, 5.74) is 1.25. The van der Waals surface area contributed by atoms with Gasteiger partial charge in [-0.2, -0.15) is 4.40 Å². The Labute approximate surface area is 183 Å². The van der Waals surface area contributed by atoms with E-state index in [-0.39, 0.29) is 0 Å². The highest BCUT2D eigenvalue weighted by Gasteiger charge is 2.14. The molecule has 154 valence electrons. The van der Waals surface area contributed by atoms with Crippen LogP contribution in [0.1, 0.15) is 37.7 Å². The molecule has 1 saturated carbocycles. The maximum atomic E-state index is 6.11. The lowest BCUT2D eigenvalue weighted by atomic mass is 9.90. The van der Waals surface area contributed by atoms with Gasteiger partial charge < -0.3 is 9.47 Å². The summed E-state index contributed by atoms with van der Waals surface area (Å²) in [6.45, 7) is 2.84. The molecular weight excluding hydrogens is 398 g/mol. The van der Waals surface area contributed by atoms with Gasteiger partial charge in [0, 0.05) is 27.8 Å². The average Bonchev–Trinajstić information content (AvgIpc) is 2.77. The molecule has 29 heavy (non-hydrogen) atoms. The maximum Gasteiger partial charge on any atom is 0.221 e. The first-order chi connectivity index (χ1) is 14.2. The second kappa shape index (κ2) is 12.0. The van der Waals surface area contributed by atoms with Gasteiger partial charge in [-0.15, -0.1) is 0 Å². The Kier molecular flexibility index (Phi) is 9.03. The molecule has 0 atom stereocenters. The van der Waals surface area contributed by atoms with Crippen LogP contribution >= 0.6 is 23.7 Å². The van der Waals surface area contributed by atoms with Crippen molar-refractivity contribution < 1.29 is 9.47 Å². The Bertz CT molecular complexity index is 812. The predicted octanol–water partition coefficient (Wildman–Crippen LogP) is 7.31. The molecule has 0 heterocycles. The lowest BCUT2D eigenvalue weighted by Gasteiger charge is -2.21. The standard InChI is InChI=1S/C24H29NO2S2/c1-19-11-13-22(14-12-19)29-25-24(27-18-20-7-4-3-5-8-20)15-16-28-23-10-6-9-21(17-23)26-2/h6,9-17,20H,3-5,7-8,18H2,1-2H3/b16-15+,25-24?. The second-order valence-electron chi connectivity index (χ2n) is 7.25. The van der Waals surface area contributed by atoms with E-state index in [2.05, 4.69) is 41.7 Å². The van der Waals surface area contributed by atoms with Crippen LogP contribution in [0.2, 0.25) is 0 Å². The van der Waals surface area contributed by atoms with E-state index in [9.17, 15) is 0 Å². The van der Waals surface area contributed by atoms with Gasteiger partial charge in [0.15, 0.2) is 0 Å². The molecule has 0 N–H and O–H groups in total. The highest BCUT2D eigenvalue weighted by atomic mass is 32.2. The Morgan fingerprint density at radius 1 is 1.07 bits per heavy atom. The Hall–Kier alpha value is -1.85. The second-order valence-corrected chi connectivity index (χ2v) is 9.06. The monoisotopic (exact) mass is 427 g/mol. The first kappa shape index (κ1) is 21.8. The Balaban J connectivity index is 1.63. The third-order valence-corrected chi connectivity index (χ3v) is 6.46. The van der Waals surface area contributed by atoms with Crippen molar-refractivity contribution in [2.75, 3.05) is 13.7 Å². The number of aryl methyl sites for hydroxylation is 1. The predicted molar refractivity (Wildman–Crippen MR) is 125 cm³/mol. The molecule has 0 spiro atoms. The van der Waals surface area contributed by atoms with Gasteiger partial charge >= 0.3 is 0 Å². The molecule has 1 aliphatic rings. The minimum atomic E-state index is 0.651. The topological polar surface area (TPSA) is 30.8 Å². The first-order valence-corrected chi connectivity index (χ1v) is 11.8. The summed E-state index contributed by atoms with van der Waals surface area (Å²) in [5, 5.41) is 2.03. The van der Waals surface area contributed by atoms with Gasteiger partial charge in [-0.25, -0.2) is 0 Å². The molecule has 0 amide bonds. The van der Waals surface area contributed by atoms with Gasteiger partial charge in [0.2, 0.25) is 5.90 Å². The number of thioether (sulfide) groups is 1. The fourth-order valence-corrected chi connectivity index (χ4v) is 4.45. The molecule has 3 rings (SSSR count). The molecule has 1 aliphatic carbocycles. The van der Waals surface area contributed by atoms with E-state index >= 15 is 0 Å². The van der Waals surface area contributed by atoms with Crippen LogP contribution < -0.4 is 4.74 Å². The Morgan fingerprint density at radius 3 is 2.62 bits per heavy atom. The average molecular weight is 428 g/mol. The number of ether oxygens (including phenoxy) is 2. The van der Waals surface area contributed by atoms with E-state index in [1.165, 1.54) is 49.6 Å². The van der Waals surface area contributed by atoms with Crippen molar-refractivity contribution >= 4 is 29.6 Å². The summed E-state index contributed by atoms with van der Waals surface area (Å²) >= 11 is 3.09. The van der Waals surface area contributed by atoms with Crippen molar-refractivity contribution in [3.8, 4) is 5.75 Å². The van der Waals surface area contributed by atoms with Crippen molar-refractivity contribution in [1.29, 1.82) is 0 Å². The zero-order valence-corrected chi connectivity index (χ0v) is 18.8. The molecule has 3 nitrogen and oxygen atoms in total. The van der Waals surface area contributed by atoms with Crippen molar-refractivity contribution in [2.45, 2.75) is 48.8 Å². The zero-order valence-electron chi connectivity index (χ0n) is 17.2. The van der Waals surface area contributed by atoms with Crippen LogP contribution in [0.15, 0.2) is 74.2 Å². The normalized spacial score (nSPS) is 15.6. The van der Waals surface area contributed by atoms with E-state index in [1.807, 2.05) is 29.7 Å². The summed E-state index contributed by atoms with van der Waals surface area (Å²) in [6.07, 6.45) is 8.49. The summed E-state index contributed by atoms with van der Waals surface area (Å²) in [7, 11) is 1.69. The quantitative estimate of drug-likeness (QED) is 0.191. The lowest BCUT2D eigenvalue weighted by Crippen LogP contribution is -2.15. The fraction of sp³-hybridized carbons (Fsp3) is 0.375. The third-order valence-electron chi connectivity index (χ3n) is 4.91. The van der Waals surface area contributed by atoms with Gasteiger partial charge in [-0.3, -0.25) is 0 Å². The molecule has 2 aromatic carbocycles. The smallest absolute Gasteiger partial charge is 0.221 e. The van der Waals surface area contributed by atoms with Crippen molar-refractivity contribution in [3.05, 3.63) is 65.6 Å². The van der Waals surface area contributed by atoms with Gasteiger partial charge in [-0.05, 0) is 61.4 Å². The first-order valence-electron chi connectivity index (χ1n) is 10.1. The van der Waals surface area contributed by atoms with E-state index in [4.69, 9.17) is 9.47 Å². The summed E-state index contributed by atoms with van der Waals surface area (Å²) < 4.78 is 16.1. The zero-order chi connectivity index (χ0) is 20.3. The van der Waals surface area contributed by atoms with E-state index in [1.54, 1.807) is 18.9 Å². The Morgan fingerprint density at radius 2 is 1.86 bits per heavy atom. The van der Waals surface area contributed by atoms with Crippen LogP contribution in [-0.4, -0.2) is 19.6 Å². The summed E-state index contributed by atoms with van der Waals surface area (Å²) in [5.74, 6) is 2.19. The van der Waals surface area contributed by atoms with Crippen LogP contribution in [0.25, 0.3) is 0 Å². The number of hydrogen-bond donors (Lipinski definition) is 0. The van der Waals surface area contributed by atoms with Crippen LogP contribution in [0, 0.1) is 12.8 Å². The van der Waals surface area contributed by atoms with E-state index < -0.39 is 0 Å². The van der Waals surface area contributed by atoms with Gasteiger partial charge in [0.05, 0.1) is 13.7 Å². The summed E-state index contributed by atoms with van der Waals surface area (Å²) in [6, 6.07) is 16.4. The molecule has 0 radical (unpaired) electrons. The van der Waals surface area contributed by atoms with E-state index in [0.29, 0.717) is 11.8 Å². The SMILES string of the molecule is COc1cccc(S/C=C/C(=NSc2ccc(C)cc2)OCC2CCCCC2)c1. The molecule has 0 aliphatic heterocycles. The highest BCUT2D eigenvalue weighted by Crippen LogP contribution is 2.26. The maximum absolute atomic E-state index is 6.11. The lowest BCUT2D eigenvalue weighted by molar-refractivity contribution is 0.201. The van der Waals surface area contributed by atoms with Crippen molar-refractivity contribution in [1.82, 2.24) is 0 Å². The molecule has 0 aromatic heterocycles. The molecule has 2 aromatic rings.